The maximum Gasteiger partial charge on any atom is 0.165 e. The average molecular weight is 324 g/mol. The first-order valence-corrected chi connectivity index (χ1v) is 6.72. The molecule has 2 N–H and O–H groups in total. The molecule has 0 aliphatic carbocycles. The van der Waals surface area contributed by atoms with E-state index in [-0.39, 0.29) is 0 Å². The lowest BCUT2D eigenvalue weighted by molar-refractivity contribution is 0.326. The minimum atomic E-state index is 0.626. The summed E-state index contributed by atoms with van der Waals surface area (Å²) in [5.74, 6) is 2.18. The van der Waals surface area contributed by atoms with Crippen molar-refractivity contribution in [3.8, 4) is 22.6 Å². The summed E-state index contributed by atoms with van der Waals surface area (Å²) in [5.41, 5.74) is 9.04. The molecule has 0 spiro atoms. The molecule has 2 aromatic rings. The minimum Gasteiger partial charge on any atom is -0.493 e. The van der Waals surface area contributed by atoms with E-state index in [9.17, 15) is 0 Å². The van der Waals surface area contributed by atoms with Crippen molar-refractivity contribution in [2.24, 2.45) is 7.05 Å². The van der Waals surface area contributed by atoms with E-state index < -0.39 is 0 Å². The number of benzene rings is 1. The van der Waals surface area contributed by atoms with Crippen molar-refractivity contribution >= 4 is 21.7 Å². The monoisotopic (exact) mass is 323 g/mol. The Labute approximate surface area is 119 Å². The number of fused-ring (bicyclic) bond motifs is 1. The van der Waals surface area contributed by atoms with E-state index in [1.165, 1.54) is 0 Å². The van der Waals surface area contributed by atoms with Crippen molar-refractivity contribution in [2.45, 2.75) is 6.42 Å². The van der Waals surface area contributed by atoms with Gasteiger partial charge in [-0.05, 0) is 22.0 Å². The van der Waals surface area contributed by atoms with Gasteiger partial charge in [-0.2, -0.15) is 5.10 Å². The zero-order valence-electron chi connectivity index (χ0n) is 10.7. The molecule has 1 aliphatic heterocycles. The van der Waals surface area contributed by atoms with Gasteiger partial charge in [-0.1, -0.05) is 0 Å². The number of methoxy groups -OCH3 is 1. The maximum atomic E-state index is 6.05. The maximum absolute atomic E-state index is 6.05. The summed E-state index contributed by atoms with van der Waals surface area (Å²) in [6.07, 6.45) is 2.62. The molecule has 6 heteroatoms. The molecule has 1 aromatic heterocycles. The highest BCUT2D eigenvalue weighted by Gasteiger charge is 2.25. The summed E-state index contributed by atoms with van der Waals surface area (Å²) < 4.78 is 13.7. The Morgan fingerprint density at radius 1 is 1.47 bits per heavy atom. The summed E-state index contributed by atoms with van der Waals surface area (Å²) in [4.78, 5) is 0. The van der Waals surface area contributed by atoms with Crippen LogP contribution < -0.4 is 15.2 Å². The van der Waals surface area contributed by atoms with Gasteiger partial charge in [-0.25, -0.2) is 0 Å². The number of rotatable bonds is 2. The lowest BCUT2D eigenvalue weighted by atomic mass is 10.0. The van der Waals surface area contributed by atoms with Crippen LogP contribution in [0.4, 0.5) is 5.82 Å². The molecule has 5 nitrogen and oxygen atoms in total. The second kappa shape index (κ2) is 4.45. The van der Waals surface area contributed by atoms with Gasteiger partial charge in [0.05, 0.1) is 19.9 Å². The number of halogens is 1. The smallest absolute Gasteiger partial charge is 0.165 e. The summed E-state index contributed by atoms with van der Waals surface area (Å²) in [7, 11) is 3.46. The summed E-state index contributed by atoms with van der Waals surface area (Å²) in [6.45, 7) is 0.677. The molecule has 1 aromatic carbocycles. The molecule has 19 heavy (non-hydrogen) atoms. The number of hydrogen-bond donors (Lipinski definition) is 1. The number of aryl methyl sites for hydroxylation is 1. The average Bonchev–Trinajstić information content (AvgIpc) is 3.00. The predicted molar refractivity (Wildman–Crippen MR) is 76.5 cm³/mol. The number of anilines is 1. The second-order valence-corrected chi connectivity index (χ2v) is 5.21. The largest absolute Gasteiger partial charge is 0.493 e. The summed E-state index contributed by atoms with van der Waals surface area (Å²) in [6, 6.07) is 1.93. The fourth-order valence-electron chi connectivity index (χ4n) is 2.31. The quantitative estimate of drug-likeness (QED) is 0.921. The van der Waals surface area contributed by atoms with E-state index in [2.05, 4.69) is 21.0 Å². The normalized spacial score (nSPS) is 13.2. The van der Waals surface area contributed by atoms with Crippen LogP contribution in [0.5, 0.6) is 11.5 Å². The van der Waals surface area contributed by atoms with Gasteiger partial charge in [0.15, 0.2) is 11.5 Å². The van der Waals surface area contributed by atoms with Gasteiger partial charge in [0, 0.05) is 34.6 Å². The first-order chi connectivity index (χ1) is 9.13. The number of nitrogens with zero attached hydrogens (tertiary/aromatic N) is 2. The van der Waals surface area contributed by atoms with Crippen LogP contribution in [-0.4, -0.2) is 23.5 Å². The summed E-state index contributed by atoms with van der Waals surface area (Å²) >= 11 is 3.65. The van der Waals surface area contributed by atoms with E-state index in [0.29, 0.717) is 12.4 Å². The number of nitrogens with two attached hydrogens (primary N) is 1. The van der Waals surface area contributed by atoms with Gasteiger partial charge in [0.1, 0.15) is 5.82 Å². The Balaban J connectivity index is 2.25. The Kier molecular flexibility index (Phi) is 2.89. The van der Waals surface area contributed by atoms with E-state index >= 15 is 0 Å². The second-order valence-electron chi connectivity index (χ2n) is 4.41. The van der Waals surface area contributed by atoms with E-state index in [0.717, 1.165) is 39.1 Å². The van der Waals surface area contributed by atoms with Crippen molar-refractivity contribution in [1.29, 1.82) is 0 Å². The van der Waals surface area contributed by atoms with E-state index in [4.69, 9.17) is 15.2 Å². The van der Waals surface area contributed by atoms with Gasteiger partial charge in [0.25, 0.3) is 0 Å². The lowest BCUT2D eigenvalue weighted by Crippen LogP contribution is -1.99. The van der Waals surface area contributed by atoms with Crippen molar-refractivity contribution < 1.29 is 9.47 Å². The van der Waals surface area contributed by atoms with Crippen molar-refractivity contribution in [3.63, 3.8) is 0 Å². The molecule has 0 amide bonds. The predicted octanol–water partition coefficient (Wildman–Crippen LogP) is 2.38. The van der Waals surface area contributed by atoms with Gasteiger partial charge >= 0.3 is 0 Å². The van der Waals surface area contributed by atoms with Crippen LogP contribution in [0.15, 0.2) is 16.7 Å². The standard InChI is InChI=1S/C13H14BrN3O2/c1-17-13(15)9(6-16-17)8-5-10(18-2)12-7(11(8)14)3-4-19-12/h5-6H,3-4,15H2,1-2H3. The molecule has 1 aliphatic rings. The van der Waals surface area contributed by atoms with Gasteiger partial charge < -0.3 is 15.2 Å². The molecule has 0 atom stereocenters. The van der Waals surface area contributed by atoms with Gasteiger partial charge in [-0.3, -0.25) is 4.68 Å². The van der Waals surface area contributed by atoms with Crippen molar-refractivity contribution in [3.05, 3.63) is 22.3 Å². The van der Waals surface area contributed by atoms with Crippen LogP contribution in [0.25, 0.3) is 11.1 Å². The van der Waals surface area contributed by atoms with Crippen LogP contribution >= 0.6 is 15.9 Å². The topological polar surface area (TPSA) is 62.3 Å². The molecule has 0 radical (unpaired) electrons. The summed E-state index contributed by atoms with van der Waals surface area (Å²) in [5, 5.41) is 4.18. The van der Waals surface area contributed by atoms with E-state index in [1.807, 2.05) is 13.1 Å². The molecule has 3 rings (SSSR count). The molecule has 0 unspecified atom stereocenters. The molecular formula is C13H14BrN3O2. The minimum absolute atomic E-state index is 0.626. The van der Waals surface area contributed by atoms with Crippen LogP contribution in [0.3, 0.4) is 0 Å². The molecule has 0 bridgehead atoms. The van der Waals surface area contributed by atoms with Crippen LogP contribution in [0.1, 0.15) is 5.56 Å². The molecule has 2 heterocycles. The Morgan fingerprint density at radius 3 is 2.89 bits per heavy atom. The molecular weight excluding hydrogens is 310 g/mol. The Morgan fingerprint density at radius 2 is 2.26 bits per heavy atom. The number of hydrogen-bond acceptors (Lipinski definition) is 4. The van der Waals surface area contributed by atoms with Crippen molar-refractivity contribution in [2.75, 3.05) is 19.5 Å². The third kappa shape index (κ3) is 1.78. The highest BCUT2D eigenvalue weighted by Crippen LogP contribution is 2.46. The Bertz CT molecular complexity index is 652. The molecule has 100 valence electrons. The lowest BCUT2D eigenvalue weighted by Gasteiger charge is -2.12. The fraction of sp³-hybridized carbons (Fsp3) is 0.308. The fourth-order valence-corrected chi connectivity index (χ4v) is 3.02. The third-order valence-electron chi connectivity index (χ3n) is 3.37. The first-order valence-electron chi connectivity index (χ1n) is 5.93. The third-order valence-corrected chi connectivity index (χ3v) is 4.27. The van der Waals surface area contributed by atoms with E-state index in [1.54, 1.807) is 18.0 Å². The molecule has 0 saturated heterocycles. The highest BCUT2D eigenvalue weighted by molar-refractivity contribution is 9.10. The number of aromatic nitrogens is 2. The number of nitrogen functional groups attached to an aromatic ring is 1. The van der Waals surface area contributed by atoms with Crippen LogP contribution in [-0.2, 0) is 13.5 Å². The molecule has 0 fully saturated rings. The number of ether oxygens (including phenoxy) is 2. The van der Waals surface area contributed by atoms with Crippen LogP contribution in [0.2, 0.25) is 0 Å². The highest BCUT2D eigenvalue weighted by atomic mass is 79.9. The van der Waals surface area contributed by atoms with Crippen LogP contribution in [0, 0.1) is 0 Å². The zero-order valence-corrected chi connectivity index (χ0v) is 12.3. The Hall–Kier alpha value is -1.69. The SMILES string of the molecule is COc1cc(-c2cnn(C)c2N)c(Br)c2c1OCC2. The first kappa shape index (κ1) is 12.3. The van der Waals surface area contributed by atoms with Gasteiger partial charge in [-0.15, -0.1) is 0 Å². The van der Waals surface area contributed by atoms with Crippen molar-refractivity contribution in [1.82, 2.24) is 9.78 Å². The molecule has 0 saturated carbocycles. The zero-order chi connectivity index (χ0) is 13.6. The van der Waals surface area contributed by atoms with Gasteiger partial charge in [0.2, 0.25) is 0 Å².